The molecule has 0 aliphatic rings. The van der Waals surface area contributed by atoms with Crippen LogP contribution in [0.5, 0.6) is 0 Å². The van der Waals surface area contributed by atoms with Crippen LogP contribution in [0.3, 0.4) is 0 Å². The zero-order chi connectivity index (χ0) is 41.9. The highest BCUT2D eigenvalue weighted by atomic mass is 16.6. The molecule has 0 unspecified atom stereocenters. The van der Waals surface area contributed by atoms with Crippen LogP contribution in [0.15, 0.2) is 0 Å². The first-order valence-electron chi connectivity index (χ1n) is 25.2. The number of ether oxygens (including phenoxy) is 3. The molecule has 0 heterocycles. The average molecular weight is 807 g/mol. The summed E-state index contributed by atoms with van der Waals surface area (Å²) >= 11 is 0. The van der Waals surface area contributed by atoms with Crippen LogP contribution in [0, 0.1) is 11.8 Å². The van der Waals surface area contributed by atoms with E-state index in [2.05, 4.69) is 34.6 Å². The number of carbonyl (C=O) groups is 3. The number of esters is 3. The van der Waals surface area contributed by atoms with Gasteiger partial charge in [-0.1, -0.05) is 240 Å². The molecule has 57 heavy (non-hydrogen) atoms. The summed E-state index contributed by atoms with van der Waals surface area (Å²) in [6.45, 7) is 11.3. The molecule has 0 aromatic carbocycles. The quantitative estimate of drug-likeness (QED) is 0.0346. The van der Waals surface area contributed by atoms with Crippen LogP contribution in [-0.4, -0.2) is 37.2 Å². The van der Waals surface area contributed by atoms with E-state index in [0.717, 1.165) is 69.6 Å². The molecule has 0 saturated carbocycles. The first-order chi connectivity index (χ1) is 27.7. The number of hydrogen-bond donors (Lipinski definition) is 0. The van der Waals surface area contributed by atoms with Gasteiger partial charge in [0.15, 0.2) is 6.10 Å². The Hall–Kier alpha value is -1.59. The van der Waals surface area contributed by atoms with Crippen molar-refractivity contribution in [2.24, 2.45) is 11.8 Å². The van der Waals surface area contributed by atoms with Crippen molar-refractivity contribution in [3.05, 3.63) is 0 Å². The van der Waals surface area contributed by atoms with Gasteiger partial charge in [0.25, 0.3) is 0 Å². The summed E-state index contributed by atoms with van der Waals surface area (Å²) in [7, 11) is 0. The maximum absolute atomic E-state index is 12.8. The molecular weight excluding hydrogens is 709 g/mol. The molecule has 0 fully saturated rings. The van der Waals surface area contributed by atoms with Gasteiger partial charge in [0, 0.05) is 19.3 Å². The van der Waals surface area contributed by atoms with Gasteiger partial charge >= 0.3 is 17.9 Å². The fourth-order valence-corrected chi connectivity index (χ4v) is 7.64. The minimum Gasteiger partial charge on any atom is -0.462 e. The molecule has 0 rings (SSSR count). The molecule has 0 N–H and O–H groups in total. The van der Waals surface area contributed by atoms with Crippen LogP contribution >= 0.6 is 0 Å². The Morgan fingerprint density at radius 1 is 0.333 bits per heavy atom. The highest BCUT2D eigenvalue weighted by Gasteiger charge is 2.19. The minimum absolute atomic E-state index is 0.0650. The summed E-state index contributed by atoms with van der Waals surface area (Å²) in [6, 6.07) is 0. The van der Waals surface area contributed by atoms with Crippen LogP contribution < -0.4 is 0 Å². The third kappa shape index (κ3) is 45.3. The Labute approximate surface area is 355 Å². The lowest BCUT2D eigenvalue weighted by Crippen LogP contribution is -2.30. The average Bonchev–Trinajstić information content (AvgIpc) is 3.18. The number of rotatable bonds is 45. The molecular formula is C51H98O6. The van der Waals surface area contributed by atoms with E-state index < -0.39 is 6.10 Å². The van der Waals surface area contributed by atoms with Crippen LogP contribution in [-0.2, 0) is 28.6 Å². The zero-order valence-electron chi connectivity index (χ0n) is 39.0. The second-order valence-electron chi connectivity index (χ2n) is 18.4. The first-order valence-corrected chi connectivity index (χ1v) is 25.2. The summed E-state index contributed by atoms with van der Waals surface area (Å²) in [6.07, 6.45) is 44.0. The third-order valence-electron chi connectivity index (χ3n) is 11.5. The van der Waals surface area contributed by atoms with Crippen molar-refractivity contribution in [3.8, 4) is 0 Å². The Morgan fingerprint density at radius 2 is 0.579 bits per heavy atom. The van der Waals surface area contributed by atoms with Crippen LogP contribution in [0.2, 0.25) is 0 Å². The Bertz CT molecular complexity index is 870. The summed E-state index contributed by atoms with van der Waals surface area (Å²) in [5.41, 5.74) is 0. The van der Waals surface area contributed by atoms with Gasteiger partial charge in [-0.05, 0) is 31.1 Å². The highest BCUT2D eigenvalue weighted by Crippen LogP contribution is 2.17. The fourth-order valence-electron chi connectivity index (χ4n) is 7.64. The van der Waals surface area contributed by atoms with Crippen LogP contribution in [0.25, 0.3) is 0 Å². The van der Waals surface area contributed by atoms with Crippen molar-refractivity contribution in [1.29, 1.82) is 0 Å². The second kappa shape index (κ2) is 44.0. The molecule has 0 aliphatic heterocycles. The van der Waals surface area contributed by atoms with Gasteiger partial charge in [-0.3, -0.25) is 14.4 Å². The molecule has 6 heteroatoms. The number of unbranched alkanes of at least 4 members (excludes halogenated alkanes) is 30. The van der Waals surface area contributed by atoms with E-state index in [-0.39, 0.29) is 31.1 Å². The maximum Gasteiger partial charge on any atom is 0.306 e. The smallest absolute Gasteiger partial charge is 0.306 e. The standard InChI is InChI=1S/C51H98O6/c1-6-7-8-9-10-21-25-31-36-41-49(52)55-44-48(45-56-50(53)42-37-32-28-27-30-35-40-47(4)5)57-51(54)43-38-33-26-23-20-18-16-14-12-11-13-15-17-19-22-24-29-34-39-46(2)3/h46-48H,6-45H2,1-5H3/t48-/m0/s1. The largest absolute Gasteiger partial charge is 0.462 e. The van der Waals surface area contributed by atoms with Crippen molar-refractivity contribution >= 4 is 17.9 Å². The Morgan fingerprint density at radius 3 is 0.860 bits per heavy atom. The van der Waals surface area contributed by atoms with Gasteiger partial charge in [0.05, 0.1) is 0 Å². The Balaban J connectivity index is 4.16. The topological polar surface area (TPSA) is 78.9 Å². The summed E-state index contributed by atoms with van der Waals surface area (Å²) in [4.78, 5) is 37.7. The van der Waals surface area contributed by atoms with E-state index >= 15 is 0 Å². The van der Waals surface area contributed by atoms with E-state index in [9.17, 15) is 14.4 Å². The summed E-state index contributed by atoms with van der Waals surface area (Å²) < 4.78 is 16.7. The van der Waals surface area contributed by atoms with Gasteiger partial charge < -0.3 is 14.2 Å². The van der Waals surface area contributed by atoms with E-state index in [1.807, 2.05) is 0 Å². The van der Waals surface area contributed by atoms with Gasteiger partial charge in [0.2, 0.25) is 0 Å². The van der Waals surface area contributed by atoms with Gasteiger partial charge in [0.1, 0.15) is 13.2 Å². The highest BCUT2D eigenvalue weighted by molar-refractivity contribution is 5.71. The molecule has 0 amide bonds. The lowest BCUT2D eigenvalue weighted by atomic mass is 10.0. The van der Waals surface area contributed by atoms with E-state index in [1.54, 1.807) is 0 Å². The molecule has 338 valence electrons. The predicted molar refractivity (Wildman–Crippen MR) is 243 cm³/mol. The van der Waals surface area contributed by atoms with Gasteiger partial charge in [-0.2, -0.15) is 0 Å². The maximum atomic E-state index is 12.8. The van der Waals surface area contributed by atoms with Crippen molar-refractivity contribution in [1.82, 2.24) is 0 Å². The molecule has 6 nitrogen and oxygen atoms in total. The molecule has 1 atom stereocenters. The Kier molecular flexibility index (Phi) is 42.7. The van der Waals surface area contributed by atoms with Crippen LogP contribution in [0.4, 0.5) is 0 Å². The van der Waals surface area contributed by atoms with Crippen molar-refractivity contribution in [2.75, 3.05) is 13.2 Å². The third-order valence-corrected chi connectivity index (χ3v) is 11.5. The van der Waals surface area contributed by atoms with Gasteiger partial charge in [-0.25, -0.2) is 0 Å². The molecule has 0 aliphatic carbocycles. The lowest BCUT2D eigenvalue weighted by molar-refractivity contribution is -0.167. The summed E-state index contributed by atoms with van der Waals surface area (Å²) in [5.74, 6) is 0.764. The zero-order valence-corrected chi connectivity index (χ0v) is 39.0. The fraction of sp³-hybridized carbons (Fsp3) is 0.941. The van der Waals surface area contributed by atoms with Crippen molar-refractivity contribution < 1.29 is 28.6 Å². The van der Waals surface area contributed by atoms with Crippen LogP contribution in [0.1, 0.15) is 279 Å². The van der Waals surface area contributed by atoms with E-state index in [0.29, 0.717) is 19.3 Å². The van der Waals surface area contributed by atoms with E-state index in [1.165, 1.54) is 167 Å². The monoisotopic (exact) mass is 807 g/mol. The SMILES string of the molecule is CCCCCCCCCCCC(=O)OC[C@@H](COC(=O)CCCCCCCCC(C)C)OC(=O)CCCCCCCCCCCCCCCCCCCCC(C)C. The molecule has 0 spiro atoms. The summed E-state index contributed by atoms with van der Waals surface area (Å²) in [5, 5.41) is 0. The predicted octanol–water partition coefficient (Wildman–Crippen LogP) is 16.1. The second-order valence-corrected chi connectivity index (χ2v) is 18.4. The lowest BCUT2D eigenvalue weighted by Gasteiger charge is -2.18. The first kappa shape index (κ1) is 55.4. The normalized spacial score (nSPS) is 12.1. The minimum atomic E-state index is -0.760. The molecule has 0 aromatic rings. The number of carbonyl (C=O) groups excluding carboxylic acids is 3. The van der Waals surface area contributed by atoms with Crippen molar-refractivity contribution in [3.63, 3.8) is 0 Å². The van der Waals surface area contributed by atoms with E-state index in [4.69, 9.17) is 14.2 Å². The molecule has 0 radical (unpaired) electrons. The number of hydrogen-bond acceptors (Lipinski definition) is 6. The van der Waals surface area contributed by atoms with Crippen molar-refractivity contribution in [2.45, 2.75) is 285 Å². The van der Waals surface area contributed by atoms with Gasteiger partial charge in [-0.15, -0.1) is 0 Å². The molecule has 0 bridgehead atoms. The molecule has 0 aromatic heterocycles. The molecule has 0 saturated heterocycles.